The van der Waals surface area contributed by atoms with E-state index in [1.807, 2.05) is 6.92 Å². The van der Waals surface area contributed by atoms with Crippen molar-refractivity contribution in [1.82, 2.24) is 14.9 Å². The van der Waals surface area contributed by atoms with Crippen molar-refractivity contribution in [3.05, 3.63) is 39.9 Å². The molecule has 1 atom stereocenters. The van der Waals surface area contributed by atoms with Crippen LogP contribution in [0.4, 0.5) is 0 Å². The van der Waals surface area contributed by atoms with Gasteiger partial charge < -0.3 is 10.1 Å². The maximum absolute atomic E-state index is 12.7. The molecule has 0 saturated heterocycles. The molecule has 0 spiro atoms. The fourth-order valence-electron chi connectivity index (χ4n) is 3.22. The number of aromatic nitrogens is 2. The first-order valence-electron chi connectivity index (χ1n) is 9.53. The Hall–Kier alpha value is -2.70. The van der Waals surface area contributed by atoms with E-state index in [0.29, 0.717) is 24.0 Å². The van der Waals surface area contributed by atoms with Crippen LogP contribution in [0.3, 0.4) is 0 Å². The van der Waals surface area contributed by atoms with Crippen LogP contribution in [0.25, 0.3) is 10.9 Å². The number of ether oxygens (including phenoxy) is 1. The van der Waals surface area contributed by atoms with Crippen LogP contribution in [0.15, 0.2) is 23.0 Å². The van der Waals surface area contributed by atoms with Crippen LogP contribution in [0.5, 0.6) is 0 Å². The van der Waals surface area contributed by atoms with E-state index in [1.165, 1.54) is 6.92 Å². The molecule has 1 amide bonds. The van der Waals surface area contributed by atoms with Gasteiger partial charge in [-0.3, -0.25) is 14.2 Å². The average Bonchev–Trinajstić information content (AvgIpc) is 2.91. The number of carbonyl (C=O) groups excluding carboxylic acids is 2. The lowest BCUT2D eigenvalue weighted by Gasteiger charge is -2.14. The van der Waals surface area contributed by atoms with Crippen LogP contribution < -0.4 is 10.9 Å². The van der Waals surface area contributed by atoms with Gasteiger partial charge in [-0.15, -0.1) is 0 Å². The molecular formula is C20H25N3O4. The quantitative estimate of drug-likeness (QED) is 0.814. The summed E-state index contributed by atoms with van der Waals surface area (Å²) in [6.07, 6.45) is 3.74. The Bertz CT molecular complexity index is 919. The van der Waals surface area contributed by atoms with Gasteiger partial charge >= 0.3 is 5.97 Å². The van der Waals surface area contributed by atoms with Crippen molar-refractivity contribution >= 4 is 22.8 Å². The van der Waals surface area contributed by atoms with E-state index >= 15 is 0 Å². The van der Waals surface area contributed by atoms with Crippen LogP contribution in [-0.2, 0) is 22.5 Å². The summed E-state index contributed by atoms with van der Waals surface area (Å²) in [4.78, 5) is 41.6. The number of benzene rings is 1. The fourth-order valence-corrected chi connectivity index (χ4v) is 3.22. The number of esters is 1. The molecule has 0 aliphatic carbocycles. The summed E-state index contributed by atoms with van der Waals surface area (Å²) in [5, 5.41) is 3.19. The Balaban J connectivity index is 1.85. The Labute approximate surface area is 157 Å². The minimum atomic E-state index is -0.884. The van der Waals surface area contributed by atoms with Crippen molar-refractivity contribution in [3.8, 4) is 0 Å². The normalized spacial score (nSPS) is 14.9. The molecule has 2 aromatic rings. The number of aryl methyl sites for hydroxylation is 1. The molecule has 144 valence electrons. The van der Waals surface area contributed by atoms with Gasteiger partial charge in [0.05, 0.1) is 16.5 Å². The standard InChI is InChI=1S/C20H25N3O4/c1-3-10-21-18(24)13(2)27-20(26)14-8-9-15-16(12-14)22-17-7-5-4-6-11-23(17)19(15)25/h8-9,12-13H,3-7,10-11H2,1-2H3,(H,21,24)/t13-/m0/s1. The van der Waals surface area contributed by atoms with E-state index in [2.05, 4.69) is 10.3 Å². The molecule has 1 aliphatic rings. The van der Waals surface area contributed by atoms with E-state index in [1.54, 1.807) is 22.8 Å². The van der Waals surface area contributed by atoms with Gasteiger partial charge in [-0.25, -0.2) is 9.78 Å². The molecule has 1 aliphatic heterocycles. The molecule has 1 aromatic carbocycles. The van der Waals surface area contributed by atoms with E-state index in [0.717, 1.165) is 37.9 Å². The summed E-state index contributed by atoms with van der Waals surface area (Å²) in [7, 11) is 0. The van der Waals surface area contributed by atoms with Crippen LogP contribution in [0.2, 0.25) is 0 Å². The van der Waals surface area contributed by atoms with E-state index in [-0.39, 0.29) is 17.0 Å². The maximum atomic E-state index is 12.7. The SMILES string of the molecule is CCCNC(=O)[C@H](C)OC(=O)c1ccc2c(=O)n3c(nc2c1)CCCCC3. The molecule has 0 unspecified atom stereocenters. The predicted octanol–water partition coefficient (Wildman–Crippen LogP) is 2.19. The van der Waals surface area contributed by atoms with Gasteiger partial charge in [-0.05, 0) is 44.4 Å². The van der Waals surface area contributed by atoms with Gasteiger partial charge in [0.15, 0.2) is 6.10 Å². The fraction of sp³-hybridized carbons (Fsp3) is 0.500. The van der Waals surface area contributed by atoms with Crippen molar-refractivity contribution in [2.75, 3.05) is 6.54 Å². The van der Waals surface area contributed by atoms with Crippen molar-refractivity contribution in [2.24, 2.45) is 0 Å². The third kappa shape index (κ3) is 4.18. The molecule has 7 heteroatoms. The maximum Gasteiger partial charge on any atom is 0.338 e. The number of rotatable bonds is 5. The first-order valence-corrected chi connectivity index (χ1v) is 9.53. The summed E-state index contributed by atoms with van der Waals surface area (Å²) < 4.78 is 6.99. The number of hydrogen-bond acceptors (Lipinski definition) is 5. The van der Waals surface area contributed by atoms with Gasteiger partial charge in [0.1, 0.15) is 5.82 Å². The van der Waals surface area contributed by atoms with Crippen LogP contribution in [0.1, 0.15) is 55.7 Å². The Kier molecular flexibility index (Phi) is 5.88. The van der Waals surface area contributed by atoms with E-state index in [9.17, 15) is 14.4 Å². The minimum Gasteiger partial charge on any atom is -0.449 e. The second-order valence-electron chi connectivity index (χ2n) is 6.87. The van der Waals surface area contributed by atoms with E-state index in [4.69, 9.17) is 4.74 Å². The topological polar surface area (TPSA) is 90.3 Å². The lowest BCUT2D eigenvalue weighted by atomic mass is 10.1. The van der Waals surface area contributed by atoms with Crippen molar-refractivity contribution in [1.29, 1.82) is 0 Å². The summed E-state index contributed by atoms with van der Waals surface area (Å²) in [5.74, 6) is -0.164. The second-order valence-corrected chi connectivity index (χ2v) is 6.87. The summed E-state index contributed by atoms with van der Waals surface area (Å²) in [5.41, 5.74) is 0.706. The van der Waals surface area contributed by atoms with Crippen molar-refractivity contribution < 1.29 is 14.3 Å². The smallest absolute Gasteiger partial charge is 0.338 e. The highest BCUT2D eigenvalue weighted by Crippen LogP contribution is 2.17. The van der Waals surface area contributed by atoms with Gasteiger partial charge in [0, 0.05) is 19.5 Å². The Morgan fingerprint density at radius 1 is 1.30 bits per heavy atom. The Morgan fingerprint density at radius 2 is 2.11 bits per heavy atom. The number of fused-ring (bicyclic) bond motifs is 2. The zero-order valence-corrected chi connectivity index (χ0v) is 15.8. The first kappa shape index (κ1) is 19.1. The van der Waals surface area contributed by atoms with Crippen LogP contribution >= 0.6 is 0 Å². The minimum absolute atomic E-state index is 0.0656. The summed E-state index contributed by atoms with van der Waals surface area (Å²) in [6.45, 7) is 4.71. The largest absolute Gasteiger partial charge is 0.449 e. The molecule has 3 rings (SSSR count). The van der Waals surface area contributed by atoms with E-state index < -0.39 is 12.1 Å². The zero-order chi connectivity index (χ0) is 19.4. The van der Waals surface area contributed by atoms with Gasteiger partial charge in [0.25, 0.3) is 11.5 Å². The van der Waals surface area contributed by atoms with Gasteiger partial charge in [-0.1, -0.05) is 13.3 Å². The average molecular weight is 371 g/mol. The molecule has 2 heterocycles. The first-order chi connectivity index (χ1) is 13.0. The zero-order valence-electron chi connectivity index (χ0n) is 15.8. The number of amides is 1. The highest BCUT2D eigenvalue weighted by Gasteiger charge is 2.20. The molecule has 0 bridgehead atoms. The Morgan fingerprint density at radius 3 is 2.89 bits per heavy atom. The molecule has 0 fully saturated rings. The number of carbonyl (C=O) groups is 2. The monoisotopic (exact) mass is 371 g/mol. The molecule has 1 aromatic heterocycles. The molecule has 0 radical (unpaired) electrons. The molecule has 27 heavy (non-hydrogen) atoms. The molecule has 7 nitrogen and oxygen atoms in total. The molecule has 0 saturated carbocycles. The lowest BCUT2D eigenvalue weighted by molar-refractivity contribution is -0.129. The third-order valence-electron chi connectivity index (χ3n) is 4.75. The van der Waals surface area contributed by atoms with Crippen molar-refractivity contribution in [3.63, 3.8) is 0 Å². The van der Waals surface area contributed by atoms with Gasteiger partial charge in [0.2, 0.25) is 0 Å². The highest BCUT2D eigenvalue weighted by atomic mass is 16.5. The molecular weight excluding hydrogens is 346 g/mol. The lowest BCUT2D eigenvalue weighted by Crippen LogP contribution is -2.36. The van der Waals surface area contributed by atoms with Gasteiger partial charge in [-0.2, -0.15) is 0 Å². The van der Waals surface area contributed by atoms with Crippen LogP contribution in [0, 0.1) is 0 Å². The third-order valence-corrected chi connectivity index (χ3v) is 4.75. The number of hydrogen-bond donors (Lipinski definition) is 1. The highest BCUT2D eigenvalue weighted by molar-refractivity contribution is 5.95. The second kappa shape index (κ2) is 8.33. The van der Waals surface area contributed by atoms with Crippen molar-refractivity contribution in [2.45, 2.75) is 58.6 Å². The van der Waals surface area contributed by atoms with Crippen LogP contribution in [-0.4, -0.2) is 34.1 Å². The predicted molar refractivity (Wildman–Crippen MR) is 102 cm³/mol. The summed E-state index contributed by atoms with van der Waals surface area (Å²) >= 11 is 0. The number of nitrogens with one attached hydrogen (secondary N) is 1. The number of nitrogens with zero attached hydrogens (tertiary/aromatic N) is 2. The molecule has 1 N–H and O–H groups in total. The summed E-state index contributed by atoms with van der Waals surface area (Å²) in [6, 6.07) is 4.73.